The van der Waals surface area contributed by atoms with Crippen molar-refractivity contribution in [3.05, 3.63) is 61.7 Å². The average molecular weight is 351 g/mol. The SMILES string of the molecule is Cc1nc(=O)n(Cc2ccc(CC(=O)O)cc2)c(C)c1Br. The normalized spacial score (nSPS) is 10.6. The van der Waals surface area contributed by atoms with Crippen LogP contribution in [-0.4, -0.2) is 20.6 Å². The van der Waals surface area contributed by atoms with Gasteiger partial charge in [0.1, 0.15) is 0 Å². The Bertz CT molecular complexity index is 736. The monoisotopic (exact) mass is 350 g/mol. The van der Waals surface area contributed by atoms with E-state index in [2.05, 4.69) is 20.9 Å². The summed E-state index contributed by atoms with van der Waals surface area (Å²) < 4.78 is 2.41. The lowest BCUT2D eigenvalue weighted by Crippen LogP contribution is -2.26. The Morgan fingerprint density at radius 3 is 2.38 bits per heavy atom. The fraction of sp³-hybridized carbons (Fsp3) is 0.267. The molecule has 0 radical (unpaired) electrons. The van der Waals surface area contributed by atoms with Crippen molar-refractivity contribution in [3.63, 3.8) is 0 Å². The molecule has 0 amide bonds. The van der Waals surface area contributed by atoms with Crippen molar-refractivity contribution in [2.75, 3.05) is 0 Å². The van der Waals surface area contributed by atoms with Crippen molar-refractivity contribution >= 4 is 21.9 Å². The zero-order chi connectivity index (χ0) is 15.6. The molecule has 110 valence electrons. The number of carbonyl (C=O) groups is 1. The van der Waals surface area contributed by atoms with Gasteiger partial charge in [0.25, 0.3) is 0 Å². The number of benzene rings is 1. The summed E-state index contributed by atoms with van der Waals surface area (Å²) in [6, 6.07) is 7.19. The third kappa shape index (κ3) is 3.58. The number of hydrogen-bond acceptors (Lipinski definition) is 3. The van der Waals surface area contributed by atoms with Crippen LogP contribution in [0.3, 0.4) is 0 Å². The Kier molecular flexibility index (Phi) is 4.57. The molecule has 0 saturated carbocycles. The minimum Gasteiger partial charge on any atom is -0.481 e. The number of rotatable bonds is 4. The maximum atomic E-state index is 12.0. The number of nitrogens with zero attached hydrogens (tertiary/aromatic N) is 2. The van der Waals surface area contributed by atoms with Crippen LogP contribution in [-0.2, 0) is 17.8 Å². The van der Waals surface area contributed by atoms with Crippen LogP contribution in [0, 0.1) is 13.8 Å². The summed E-state index contributed by atoms with van der Waals surface area (Å²) in [5, 5.41) is 8.74. The van der Waals surface area contributed by atoms with Crippen LogP contribution in [0.1, 0.15) is 22.5 Å². The van der Waals surface area contributed by atoms with Gasteiger partial charge in [-0.25, -0.2) is 4.79 Å². The molecule has 1 N–H and O–H groups in total. The van der Waals surface area contributed by atoms with Crippen LogP contribution in [0.4, 0.5) is 0 Å². The first-order valence-corrected chi connectivity index (χ1v) is 7.21. The predicted molar refractivity (Wildman–Crippen MR) is 82.6 cm³/mol. The average Bonchev–Trinajstić information content (AvgIpc) is 2.42. The number of aliphatic carboxylic acids is 1. The number of aromatic nitrogens is 2. The molecule has 0 aliphatic rings. The third-order valence-corrected chi connectivity index (χ3v) is 4.40. The highest BCUT2D eigenvalue weighted by molar-refractivity contribution is 9.10. The largest absolute Gasteiger partial charge is 0.481 e. The van der Waals surface area contributed by atoms with E-state index in [1.165, 1.54) is 0 Å². The molecular formula is C15H15BrN2O3. The standard InChI is InChI=1S/C15H15BrN2O3/c1-9-14(16)10(2)18(15(21)17-9)8-12-5-3-11(4-6-12)7-13(19)20/h3-6H,7-8H2,1-2H3,(H,19,20). The lowest BCUT2D eigenvalue weighted by atomic mass is 10.1. The lowest BCUT2D eigenvalue weighted by molar-refractivity contribution is -0.136. The smallest absolute Gasteiger partial charge is 0.348 e. The minimum absolute atomic E-state index is 0.00308. The van der Waals surface area contributed by atoms with Crippen molar-refractivity contribution in [2.24, 2.45) is 0 Å². The fourth-order valence-corrected chi connectivity index (χ4v) is 2.39. The van der Waals surface area contributed by atoms with E-state index >= 15 is 0 Å². The van der Waals surface area contributed by atoms with E-state index in [0.29, 0.717) is 12.2 Å². The molecule has 0 fully saturated rings. The molecular weight excluding hydrogens is 336 g/mol. The van der Waals surface area contributed by atoms with E-state index < -0.39 is 5.97 Å². The molecule has 0 unspecified atom stereocenters. The van der Waals surface area contributed by atoms with E-state index in [1.54, 1.807) is 23.6 Å². The van der Waals surface area contributed by atoms with E-state index in [1.807, 2.05) is 19.1 Å². The predicted octanol–water partition coefficient (Wildman–Crippen LogP) is 2.30. The zero-order valence-electron chi connectivity index (χ0n) is 11.8. The van der Waals surface area contributed by atoms with Gasteiger partial charge in [0.2, 0.25) is 0 Å². The highest BCUT2D eigenvalue weighted by Crippen LogP contribution is 2.17. The molecule has 0 atom stereocenters. The molecule has 2 aromatic rings. The van der Waals surface area contributed by atoms with E-state index in [9.17, 15) is 9.59 Å². The second kappa shape index (κ2) is 6.22. The summed E-state index contributed by atoms with van der Waals surface area (Å²) in [5.41, 5.74) is 2.86. The summed E-state index contributed by atoms with van der Waals surface area (Å²) in [4.78, 5) is 26.6. The van der Waals surface area contributed by atoms with Crippen LogP contribution >= 0.6 is 15.9 Å². The molecule has 6 heteroatoms. The number of carboxylic acids is 1. The molecule has 1 aromatic heterocycles. The summed E-state index contributed by atoms with van der Waals surface area (Å²) in [7, 11) is 0. The first-order valence-electron chi connectivity index (χ1n) is 6.41. The van der Waals surface area contributed by atoms with Crippen LogP contribution in [0.15, 0.2) is 33.5 Å². The van der Waals surface area contributed by atoms with Gasteiger partial charge in [-0.2, -0.15) is 4.98 Å². The van der Waals surface area contributed by atoms with Gasteiger partial charge in [-0.15, -0.1) is 0 Å². The van der Waals surface area contributed by atoms with Gasteiger partial charge in [0.05, 0.1) is 23.1 Å². The van der Waals surface area contributed by atoms with Gasteiger partial charge < -0.3 is 5.11 Å². The summed E-state index contributed by atoms with van der Waals surface area (Å²) in [5.74, 6) is -0.860. The number of aryl methyl sites for hydroxylation is 1. The lowest BCUT2D eigenvalue weighted by Gasteiger charge is -2.12. The number of hydrogen-bond donors (Lipinski definition) is 1. The molecule has 0 aliphatic carbocycles. The zero-order valence-corrected chi connectivity index (χ0v) is 13.3. The second-order valence-electron chi connectivity index (χ2n) is 4.85. The Balaban J connectivity index is 2.29. The van der Waals surface area contributed by atoms with Gasteiger partial charge in [-0.05, 0) is 40.9 Å². The number of halogens is 1. The van der Waals surface area contributed by atoms with Crippen molar-refractivity contribution in [3.8, 4) is 0 Å². The fourth-order valence-electron chi connectivity index (χ4n) is 2.08. The van der Waals surface area contributed by atoms with Crippen molar-refractivity contribution in [1.82, 2.24) is 9.55 Å². The third-order valence-electron chi connectivity index (χ3n) is 3.25. The maximum absolute atomic E-state index is 12.0. The van der Waals surface area contributed by atoms with Crippen LogP contribution < -0.4 is 5.69 Å². The summed E-state index contributed by atoms with van der Waals surface area (Å²) >= 11 is 3.43. The van der Waals surface area contributed by atoms with Gasteiger partial charge in [-0.3, -0.25) is 9.36 Å². The molecule has 21 heavy (non-hydrogen) atoms. The van der Waals surface area contributed by atoms with Gasteiger partial charge in [0, 0.05) is 5.69 Å². The first-order chi connectivity index (χ1) is 9.88. The van der Waals surface area contributed by atoms with E-state index in [4.69, 9.17) is 5.11 Å². The summed E-state index contributed by atoms with van der Waals surface area (Å²) in [6.07, 6.45) is -0.00308. The van der Waals surface area contributed by atoms with Crippen molar-refractivity contribution < 1.29 is 9.90 Å². The molecule has 0 spiro atoms. The molecule has 2 rings (SSSR count). The molecule has 5 nitrogen and oxygen atoms in total. The van der Waals surface area contributed by atoms with E-state index in [0.717, 1.165) is 21.3 Å². The Morgan fingerprint density at radius 2 is 1.81 bits per heavy atom. The molecule has 1 aromatic carbocycles. The quantitative estimate of drug-likeness (QED) is 0.918. The topological polar surface area (TPSA) is 72.2 Å². The Morgan fingerprint density at radius 1 is 1.24 bits per heavy atom. The molecule has 0 aliphatic heterocycles. The Hall–Kier alpha value is -1.95. The first kappa shape index (κ1) is 15.4. The maximum Gasteiger partial charge on any atom is 0.348 e. The highest BCUT2D eigenvalue weighted by Gasteiger charge is 2.09. The van der Waals surface area contributed by atoms with Crippen molar-refractivity contribution in [2.45, 2.75) is 26.8 Å². The Labute approximate surface area is 130 Å². The van der Waals surface area contributed by atoms with Crippen LogP contribution in [0.25, 0.3) is 0 Å². The second-order valence-corrected chi connectivity index (χ2v) is 5.65. The molecule has 0 bridgehead atoms. The van der Waals surface area contributed by atoms with Gasteiger partial charge >= 0.3 is 11.7 Å². The van der Waals surface area contributed by atoms with Crippen molar-refractivity contribution in [1.29, 1.82) is 0 Å². The van der Waals surface area contributed by atoms with Gasteiger partial charge in [-0.1, -0.05) is 24.3 Å². The van der Waals surface area contributed by atoms with Crippen LogP contribution in [0.5, 0.6) is 0 Å². The van der Waals surface area contributed by atoms with Gasteiger partial charge in [0.15, 0.2) is 0 Å². The van der Waals surface area contributed by atoms with E-state index in [-0.39, 0.29) is 12.1 Å². The molecule has 1 heterocycles. The molecule has 0 saturated heterocycles. The van der Waals surface area contributed by atoms with Crippen LogP contribution in [0.2, 0.25) is 0 Å². The highest BCUT2D eigenvalue weighted by atomic mass is 79.9. The number of carboxylic acid groups (broad SMARTS) is 1. The summed E-state index contributed by atoms with van der Waals surface area (Å²) in [6.45, 7) is 4.05. The minimum atomic E-state index is -0.860.